The van der Waals surface area contributed by atoms with Crippen molar-refractivity contribution in [2.45, 2.75) is 6.61 Å². The molecule has 0 N–H and O–H groups in total. The van der Waals surface area contributed by atoms with E-state index in [2.05, 4.69) is 9.97 Å². The number of benzene rings is 1. The maximum absolute atomic E-state index is 11.8. The minimum absolute atomic E-state index is 0.240. The molecule has 0 aliphatic heterocycles. The summed E-state index contributed by atoms with van der Waals surface area (Å²) in [4.78, 5) is 20.0. The Kier molecular flexibility index (Phi) is 4.20. The average Bonchev–Trinajstić information content (AvgIpc) is 2.61. The highest BCUT2D eigenvalue weighted by atomic mass is 16.5. The van der Waals surface area contributed by atoms with Gasteiger partial charge in [0.05, 0.1) is 11.3 Å². The van der Waals surface area contributed by atoms with E-state index in [1.165, 1.54) is 0 Å². The maximum Gasteiger partial charge on any atom is 0.338 e. The lowest BCUT2D eigenvalue weighted by molar-refractivity contribution is 0.0472. The van der Waals surface area contributed by atoms with E-state index in [1.807, 2.05) is 42.5 Å². The van der Waals surface area contributed by atoms with Crippen molar-refractivity contribution in [2.75, 3.05) is 0 Å². The van der Waals surface area contributed by atoms with Crippen LogP contribution in [0.5, 0.6) is 0 Å². The molecule has 2 heterocycles. The zero-order valence-corrected chi connectivity index (χ0v) is 11.8. The van der Waals surface area contributed by atoms with Gasteiger partial charge in [0.25, 0.3) is 0 Å². The largest absolute Gasteiger partial charge is 0.457 e. The van der Waals surface area contributed by atoms with Crippen LogP contribution in [0.2, 0.25) is 0 Å². The van der Waals surface area contributed by atoms with E-state index >= 15 is 0 Å². The quantitative estimate of drug-likeness (QED) is 0.690. The van der Waals surface area contributed by atoms with Gasteiger partial charge in [-0.3, -0.25) is 9.97 Å². The minimum Gasteiger partial charge on any atom is -0.457 e. The molecule has 0 aliphatic carbocycles. The Hall–Kier alpha value is -3.01. The molecule has 0 saturated carbocycles. The molecule has 0 aliphatic rings. The van der Waals surface area contributed by atoms with Crippen LogP contribution in [0.15, 0.2) is 73.2 Å². The Bertz CT molecular complexity index is 741. The molecule has 3 rings (SSSR count). The molecule has 0 amide bonds. The van der Waals surface area contributed by atoms with Crippen molar-refractivity contribution >= 4 is 5.97 Å². The van der Waals surface area contributed by atoms with Crippen LogP contribution < -0.4 is 0 Å². The highest BCUT2D eigenvalue weighted by molar-refractivity contribution is 5.89. The fourth-order valence-electron chi connectivity index (χ4n) is 2.03. The van der Waals surface area contributed by atoms with Gasteiger partial charge in [-0.1, -0.05) is 30.3 Å². The van der Waals surface area contributed by atoms with E-state index in [9.17, 15) is 4.79 Å². The first-order valence-electron chi connectivity index (χ1n) is 6.90. The van der Waals surface area contributed by atoms with Gasteiger partial charge in [-0.15, -0.1) is 0 Å². The summed E-state index contributed by atoms with van der Waals surface area (Å²) >= 11 is 0. The van der Waals surface area contributed by atoms with E-state index in [0.29, 0.717) is 5.56 Å². The number of aromatic nitrogens is 2. The van der Waals surface area contributed by atoms with Crippen molar-refractivity contribution in [3.05, 3.63) is 84.3 Å². The van der Waals surface area contributed by atoms with Crippen molar-refractivity contribution in [3.63, 3.8) is 0 Å². The lowest BCUT2D eigenvalue weighted by atomic mass is 10.1. The third-order valence-corrected chi connectivity index (χ3v) is 3.20. The van der Waals surface area contributed by atoms with Gasteiger partial charge in [-0.05, 0) is 29.8 Å². The fourth-order valence-corrected chi connectivity index (χ4v) is 2.03. The van der Waals surface area contributed by atoms with Crippen LogP contribution in [-0.4, -0.2) is 15.9 Å². The Morgan fingerprint density at radius 1 is 0.909 bits per heavy atom. The SMILES string of the molecule is O=C(OCc1ccc(-c2ccccn2)cc1)c1ccncc1. The van der Waals surface area contributed by atoms with Gasteiger partial charge < -0.3 is 4.74 Å². The van der Waals surface area contributed by atoms with Crippen LogP contribution in [0.25, 0.3) is 11.3 Å². The van der Waals surface area contributed by atoms with Crippen molar-refractivity contribution in [1.82, 2.24) is 9.97 Å². The van der Waals surface area contributed by atoms with E-state index in [4.69, 9.17) is 4.74 Å². The maximum atomic E-state index is 11.8. The molecule has 0 fully saturated rings. The van der Waals surface area contributed by atoms with Crippen LogP contribution in [0.4, 0.5) is 0 Å². The van der Waals surface area contributed by atoms with Gasteiger partial charge >= 0.3 is 5.97 Å². The van der Waals surface area contributed by atoms with Gasteiger partial charge in [0.15, 0.2) is 0 Å². The molecule has 3 aromatic rings. The molecule has 108 valence electrons. The number of rotatable bonds is 4. The van der Waals surface area contributed by atoms with Gasteiger partial charge in [0.2, 0.25) is 0 Å². The highest BCUT2D eigenvalue weighted by Gasteiger charge is 2.06. The lowest BCUT2D eigenvalue weighted by Crippen LogP contribution is -2.05. The predicted molar refractivity (Wildman–Crippen MR) is 83.0 cm³/mol. The third-order valence-electron chi connectivity index (χ3n) is 3.20. The molecule has 22 heavy (non-hydrogen) atoms. The van der Waals surface area contributed by atoms with Crippen LogP contribution in [0, 0.1) is 0 Å². The number of hydrogen-bond donors (Lipinski definition) is 0. The molecule has 1 aromatic carbocycles. The highest BCUT2D eigenvalue weighted by Crippen LogP contribution is 2.17. The van der Waals surface area contributed by atoms with Crippen molar-refractivity contribution in [1.29, 1.82) is 0 Å². The summed E-state index contributed by atoms with van der Waals surface area (Å²) in [7, 11) is 0. The first kappa shape index (κ1) is 13.9. The van der Waals surface area contributed by atoms with E-state index < -0.39 is 0 Å². The number of carbonyl (C=O) groups excluding carboxylic acids is 1. The van der Waals surface area contributed by atoms with Crippen molar-refractivity contribution < 1.29 is 9.53 Å². The molecule has 0 spiro atoms. The van der Waals surface area contributed by atoms with Crippen molar-refractivity contribution in [2.24, 2.45) is 0 Å². The predicted octanol–water partition coefficient (Wildman–Crippen LogP) is 3.50. The average molecular weight is 290 g/mol. The number of esters is 1. The molecule has 0 radical (unpaired) electrons. The van der Waals surface area contributed by atoms with Crippen LogP contribution in [0.1, 0.15) is 15.9 Å². The second-order valence-corrected chi connectivity index (χ2v) is 4.72. The van der Waals surface area contributed by atoms with E-state index in [1.54, 1.807) is 30.7 Å². The molecular formula is C18H14N2O2. The Morgan fingerprint density at radius 3 is 2.36 bits per heavy atom. The summed E-state index contributed by atoms with van der Waals surface area (Å²) in [5.74, 6) is -0.351. The number of nitrogens with zero attached hydrogens (tertiary/aromatic N) is 2. The molecular weight excluding hydrogens is 276 g/mol. The molecule has 0 atom stereocenters. The zero-order valence-electron chi connectivity index (χ0n) is 11.8. The third kappa shape index (κ3) is 3.35. The van der Waals surface area contributed by atoms with E-state index in [-0.39, 0.29) is 12.6 Å². The monoisotopic (exact) mass is 290 g/mol. The Balaban J connectivity index is 1.63. The molecule has 0 bridgehead atoms. The second kappa shape index (κ2) is 6.63. The molecule has 4 nitrogen and oxygen atoms in total. The molecule has 2 aromatic heterocycles. The zero-order chi connectivity index (χ0) is 15.2. The summed E-state index contributed by atoms with van der Waals surface area (Å²) in [5, 5.41) is 0. The standard InChI is InChI=1S/C18H14N2O2/c21-18(16-8-11-19-12-9-16)22-13-14-4-6-15(7-5-14)17-3-1-2-10-20-17/h1-12H,13H2. The number of ether oxygens (including phenoxy) is 1. The van der Waals surface area contributed by atoms with Gasteiger partial charge in [-0.25, -0.2) is 4.79 Å². The summed E-state index contributed by atoms with van der Waals surface area (Å²) in [5.41, 5.74) is 3.38. The molecule has 0 saturated heterocycles. The Morgan fingerprint density at radius 2 is 1.68 bits per heavy atom. The van der Waals surface area contributed by atoms with Crippen LogP contribution in [0.3, 0.4) is 0 Å². The first-order chi connectivity index (χ1) is 10.8. The van der Waals surface area contributed by atoms with Crippen LogP contribution in [-0.2, 0) is 11.3 Å². The number of pyridine rings is 2. The normalized spacial score (nSPS) is 10.2. The summed E-state index contributed by atoms with van der Waals surface area (Å²) in [6.45, 7) is 0.240. The van der Waals surface area contributed by atoms with Gasteiger partial charge in [-0.2, -0.15) is 0 Å². The lowest BCUT2D eigenvalue weighted by Gasteiger charge is -2.06. The molecule has 4 heteroatoms. The fraction of sp³-hybridized carbons (Fsp3) is 0.0556. The summed E-state index contributed by atoms with van der Waals surface area (Å²) < 4.78 is 5.28. The summed E-state index contributed by atoms with van der Waals surface area (Å²) in [6, 6.07) is 16.9. The second-order valence-electron chi connectivity index (χ2n) is 4.72. The minimum atomic E-state index is -0.351. The number of carbonyl (C=O) groups is 1. The number of hydrogen-bond acceptors (Lipinski definition) is 4. The van der Waals surface area contributed by atoms with Gasteiger partial charge in [0, 0.05) is 24.2 Å². The summed E-state index contributed by atoms with van der Waals surface area (Å²) in [6.07, 6.45) is 4.90. The van der Waals surface area contributed by atoms with Gasteiger partial charge in [0.1, 0.15) is 6.61 Å². The molecule has 0 unspecified atom stereocenters. The Labute approximate surface area is 128 Å². The smallest absolute Gasteiger partial charge is 0.338 e. The van der Waals surface area contributed by atoms with Crippen molar-refractivity contribution in [3.8, 4) is 11.3 Å². The van der Waals surface area contributed by atoms with E-state index in [0.717, 1.165) is 16.8 Å². The first-order valence-corrected chi connectivity index (χ1v) is 6.90. The van der Waals surface area contributed by atoms with Crippen LogP contribution >= 0.6 is 0 Å². The topological polar surface area (TPSA) is 52.1 Å².